The number of benzene rings is 3. The summed E-state index contributed by atoms with van der Waals surface area (Å²) in [5, 5.41) is 7.63. The Bertz CT molecular complexity index is 1640. The van der Waals surface area contributed by atoms with E-state index >= 15 is 0 Å². The van der Waals surface area contributed by atoms with Gasteiger partial charge in [-0.2, -0.15) is 4.99 Å². The second-order valence-electron chi connectivity index (χ2n) is 9.83. The Morgan fingerprint density at radius 2 is 1.80 bits per heavy atom. The topological polar surface area (TPSA) is 102 Å². The summed E-state index contributed by atoms with van der Waals surface area (Å²) >= 11 is 1.26. The molecular formula is C31H29F3N6O3S. The molecule has 0 aliphatic carbocycles. The van der Waals surface area contributed by atoms with E-state index in [1.807, 2.05) is 55.5 Å². The first kappa shape index (κ1) is 30.8. The van der Waals surface area contributed by atoms with Crippen molar-refractivity contribution >= 4 is 34.6 Å². The molecule has 0 unspecified atom stereocenters. The van der Waals surface area contributed by atoms with Crippen LogP contribution in [0.15, 0.2) is 84.1 Å². The molecule has 1 fully saturated rings. The molecule has 13 heteroatoms. The zero-order valence-corrected chi connectivity index (χ0v) is 24.6. The average molecular weight is 623 g/mol. The van der Waals surface area contributed by atoms with E-state index in [2.05, 4.69) is 25.1 Å². The number of carbonyl (C=O) groups excluding carboxylic acids is 2. The van der Waals surface area contributed by atoms with Crippen LogP contribution in [-0.4, -0.2) is 50.5 Å². The molecule has 9 nitrogen and oxygen atoms in total. The molecule has 0 atom stereocenters. The number of rotatable bonds is 10. The van der Waals surface area contributed by atoms with Crippen LogP contribution in [0.3, 0.4) is 0 Å². The van der Waals surface area contributed by atoms with E-state index in [1.165, 1.54) is 51.9 Å². The second-order valence-corrected chi connectivity index (χ2v) is 10.8. The Kier molecular flexibility index (Phi) is 9.63. The Morgan fingerprint density at radius 1 is 1.05 bits per heavy atom. The number of amides is 3. The van der Waals surface area contributed by atoms with Gasteiger partial charge in [-0.25, -0.2) is 14.5 Å². The summed E-state index contributed by atoms with van der Waals surface area (Å²) in [5.41, 5.74) is 4.24. The molecule has 5 rings (SSSR count). The third-order valence-electron chi connectivity index (χ3n) is 6.78. The molecule has 1 N–H and O–H groups in total. The van der Waals surface area contributed by atoms with Gasteiger partial charge in [0.15, 0.2) is 11.0 Å². The summed E-state index contributed by atoms with van der Waals surface area (Å²) in [7, 11) is 0. The fourth-order valence-corrected chi connectivity index (χ4v) is 5.48. The van der Waals surface area contributed by atoms with Crippen molar-refractivity contribution in [3.05, 3.63) is 90.3 Å². The number of halogens is 3. The first-order valence-corrected chi connectivity index (χ1v) is 15.0. The van der Waals surface area contributed by atoms with Crippen molar-refractivity contribution in [2.45, 2.75) is 39.0 Å². The van der Waals surface area contributed by atoms with Gasteiger partial charge in [-0.05, 0) is 67.1 Å². The highest BCUT2D eigenvalue weighted by molar-refractivity contribution is 8.15. The third-order valence-corrected chi connectivity index (χ3v) is 7.71. The number of nitrogens with one attached hydrogen (secondary N) is 1. The number of aromatic nitrogens is 3. The van der Waals surface area contributed by atoms with E-state index in [-0.39, 0.29) is 17.4 Å². The fourth-order valence-electron chi connectivity index (χ4n) is 4.63. The number of urea groups is 1. The zero-order chi connectivity index (χ0) is 31.1. The van der Waals surface area contributed by atoms with Crippen molar-refractivity contribution in [2.75, 3.05) is 17.2 Å². The van der Waals surface area contributed by atoms with E-state index in [0.29, 0.717) is 23.2 Å². The summed E-state index contributed by atoms with van der Waals surface area (Å²) in [6.45, 7) is 2.48. The number of amidine groups is 1. The van der Waals surface area contributed by atoms with Crippen LogP contribution in [0.5, 0.6) is 5.75 Å². The van der Waals surface area contributed by atoms with E-state index in [4.69, 9.17) is 0 Å². The lowest BCUT2D eigenvalue weighted by Gasteiger charge is -2.19. The van der Waals surface area contributed by atoms with E-state index < -0.39 is 12.4 Å². The smallest absolute Gasteiger partial charge is 0.406 e. The molecule has 228 valence electrons. The second kappa shape index (κ2) is 13.8. The standard InChI is InChI=1S/C31H29F3N6O3S/c1-2-22-8-3-4-9-26(22)40-27(41)19-44-30(40)37-29(42)35-18-6-5-7-21-10-12-23(13-11-21)28-36-20-39(38-28)24-14-16-25(17-15-24)43-31(32,33)34/h3-4,8-17,20H,2,5-7,18-19H2,1H3,(H,35,42). The lowest BCUT2D eigenvalue weighted by molar-refractivity contribution is -0.274. The van der Waals surface area contributed by atoms with Gasteiger partial charge in [-0.1, -0.05) is 61.2 Å². The number of unbranched alkanes of at least 4 members (excludes halogenated alkanes) is 1. The highest BCUT2D eigenvalue weighted by Gasteiger charge is 2.32. The molecule has 0 spiro atoms. The number of carbonyl (C=O) groups is 2. The quantitative estimate of drug-likeness (QED) is 0.201. The number of alkyl halides is 3. The molecule has 4 aromatic rings. The van der Waals surface area contributed by atoms with Crippen LogP contribution < -0.4 is 15.0 Å². The van der Waals surface area contributed by atoms with Crippen LogP contribution in [0.25, 0.3) is 17.1 Å². The number of hydrogen-bond donors (Lipinski definition) is 1. The number of hydrogen-bond acceptors (Lipinski definition) is 6. The average Bonchev–Trinajstić information content (AvgIpc) is 3.64. The first-order valence-electron chi connectivity index (χ1n) is 14.0. The maximum Gasteiger partial charge on any atom is 0.573 e. The monoisotopic (exact) mass is 622 g/mol. The largest absolute Gasteiger partial charge is 0.573 e. The van der Waals surface area contributed by atoms with Crippen LogP contribution in [0.2, 0.25) is 0 Å². The molecule has 1 aliphatic rings. The van der Waals surface area contributed by atoms with E-state index in [0.717, 1.165) is 48.1 Å². The van der Waals surface area contributed by atoms with Gasteiger partial charge in [0.05, 0.1) is 17.1 Å². The van der Waals surface area contributed by atoms with E-state index in [1.54, 1.807) is 0 Å². The molecule has 3 amide bonds. The lowest BCUT2D eigenvalue weighted by atomic mass is 10.1. The van der Waals surface area contributed by atoms with Crippen molar-refractivity contribution in [3.8, 4) is 22.8 Å². The summed E-state index contributed by atoms with van der Waals surface area (Å²) in [6.07, 6.45) is -0.0789. The maximum atomic E-state index is 12.5. The number of nitrogens with zero attached hydrogens (tertiary/aromatic N) is 5. The lowest BCUT2D eigenvalue weighted by Crippen LogP contribution is -2.32. The number of ether oxygens (including phenoxy) is 1. The van der Waals surface area contributed by atoms with Crippen molar-refractivity contribution in [3.63, 3.8) is 0 Å². The Labute approximate surface area is 256 Å². The minimum Gasteiger partial charge on any atom is -0.406 e. The van der Waals surface area contributed by atoms with Crippen molar-refractivity contribution in [2.24, 2.45) is 4.99 Å². The molecule has 1 saturated heterocycles. The Hall–Kier alpha value is -4.65. The molecule has 1 aromatic heterocycles. The van der Waals surface area contributed by atoms with Crippen LogP contribution in [-0.2, 0) is 17.6 Å². The van der Waals surface area contributed by atoms with Crippen LogP contribution >= 0.6 is 11.8 Å². The summed E-state index contributed by atoms with van der Waals surface area (Å²) in [4.78, 5) is 35.0. The molecule has 0 radical (unpaired) electrons. The van der Waals surface area contributed by atoms with Gasteiger partial charge in [0, 0.05) is 12.1 Å². The van der Waals surface area contributed by atoms with Crippen LogP contribution in [0.1, 0.15) is 30.9 Å². The molecule has 0 saturated carbocycles. The molecule has 2 heterocycles. The van der Waals surface area contributed by atoms with Gasteiger partial charge in [-0.3, -0.25) is 9.69 Å². The fraction of sp³-hybridized carbons (Fsp3) is 0.258. The van der Waals surface area contributed by atoms with Gasteiger partial charge in [-0.15, -0.1) is 18.3 Å². The summed E-state index contributed by atoms with van der Waals surface area (Å²) in [5.74, 6) is 0.329. The SMILES string of the molecule is CCc1ccccc1N1C(=O)CSC1=NC(=O)NCCCCc1ccc(-c2ncn(-c3ccc(OC(F)(F)F)cc3)n2)cc1. The Morgan fingerprint density at radius 3 is 2.52 bits per heavy atom. The van der Waals surface area contributed by atoms with Crippen molar-refractivity contribution < 1.29 is 27.5 Å². The molecule has 3 aromatic carbocycles. The van der Waals surface area contributed by atoms with E-state index in [9.17, 15) is 22.8 Å². The molecular weight excluding hydrogens is 593 g/mol. The van der Waals surface area contributed by atoms with Crippen LogP contribution in [0.4, 0.5) is 23.7 Å². The number of thioether (sulfide) groups is 1. The summed E-state index contributed by atoms with van der Waals surface area (Å²) in [6, 6.07) is 20.3. The highest BCUT2D eigenvalue weighted by Crippen LogP contribution is 2.30. The summed E-state index contributed by atoms with van der Waals surface area (Å²) < 4.78 is 42.5. The maximum absolute atomic E-state index is 12.5. The van der Waals surface area contributed by atoms with Gasteiger partial charge in [0.2, 0.25) is 5.91 Å². The number of aryl methyl sites for hydroxylation is 2. The van der Waals surface area contributed by atoms with Gasteiger partial charge in [0.25, 0.3) is 0 Å². The highest BCUT2D eigenvalue weighted by atomic mass is 32.2. The van der Waals surface area contributed by atoms with Crippen molar-refractivity contribution in [1.82, 2.24) is 20.1 Å². The number of anilines is 1. The number of para-hydroxylation sites is 1. The van der Waals surface area contributed by atoms with Crippen LogP contribution in [0, 0.1) is 0 Å². The first-order chi connectivity index (χ1) is 21.2. The normalized spacial score (nSPS) is 14.3. The minimum absolute atomic E-state index is 0.0919. The predicted molar refractivity (Wildman–Crippen MR) is 163 cm³/mol. The predicted octanol–water partition coefficient (Wildman–Crippen LogP) is 6.56. The van der Waals surface area contributed by atoms with Crippen molar-refractivity contribution in [1.29, 1.82) is 0 Å². The van der Waals surface area contributed by atoms with Gasteiger partial charge >= 0.3 is 12.4 Å². The zero-order valence-electron chi connectivity index (χ0n) is 23.8. The molecule has 1 aliphatic heterocycles. The Balaban J connectivity index is 1.08. The molecule has 44 heavy (non-hydrogen) atoms. The molecule has 0 bridgehead atoms. The third kappa shape index (κ3) is 7.84. The van der Waals surface area contributed by atoms with Gasteiger partial charge < -0.3 is 10.1 Å². The number of aliphatic imine (C=N–C) groups is 1. The van der Waals surface area contributed by atoms with Gasteiger partial charge in [0.1, 0.15) is 12.1 Å². The minimum atomic E-state index is -4.75.